The number of nitriles is 1. The number of amides is 1. The van der Waals surface area contributed by atoms with E-state index in [0.717, 1.165) is 5.56 Å². The van der Waals surface area contributed by atoms with Crippen LogP contribution in [0.3, 0.4) is 0 Å². The maximum atomic E-state index is 12.4. The molecule has 0 saturated heterocycles. The van der Waals surface area contributed by atoms with Gasteiger partial charge in [0.2, 0.25) is 0 Å². The van der Waals surface area contributed by atoms with Crippen molar-refractivity contribution in [3.63, 3.8) is 0 Å². The third-order valence-electron chi connectivity index (χ3n) is 4.00. The molecule has 3 rings (SSSR count). The van der Waals surface area contributed by atoms with Crippen LogP contribution in [-0.2, 0) is 11.4 Å². The quantitative estimate of drug-likeness (QED) is 0.384. The molecule has 0 fully saturated rings. The van der Waals surface area contributed by atoms with Crippen molar-refractivity contribution in [2.24, 2.45) is 0 Å². The standard InChI is InChI=1S/C23H16Cl2N2O2/c24-20-7-4-8-21(22(20)25)27-23(28)18(14-26)13-16-9-11-19(12-10-16)29-15-17-5-2-1-3-6-17/h1-13H,15H2,(H,27,28)/b18-13+. The molecular weight excluding hydrogens is 407 g/mol. The maximum absolute atomic E-state index is 12.4. The van der Waals surface area contributed by atoms with Crippen LogP contribution in [0.5, 0.6) is 5.75 Å². The van der Waals surface area contributed by atoms with E-state index in [1.54, 1.807) is 42.5 Å². The second-order valence-electron chi connectivity index (χ2n) is 6.07. The average molecular weight is 423 g/mol. The van der Waals surface area contributed by atoms with Gasteiger partial charge >= 0.3 is 0 Å². The number of hydrogen-bond donors (Lipinski definition) is 1. The molecule has 0 aromatic heterocycles. The van der Waals surface area contributed by atoms with Crippen LogP contribution >= 0.6 is 23.2 Å². The van der Waals surface area contributed by atoms with E-state index in [2.05, 4.69) is 5.32 Å². The first-order valence-corrected chi connectivity index (χ1v) is 9.46. The van der Waals surface area contributed by atoms with Gasteiger partial charge in [0.1, 0.15) is 24.0 Å². The lowest BCUT2D eigenvalue weighted by atomic mass is 10.1. The number of anilines is 1. The molecule has 3 aromatic rings. The van der Waals surface area contributed by atoms with Gasteiger partial charge in [0.25, 0.3) is 5.91 Å². The number of carbonyl (C=O) groups excluding carboxylic acids is 1. The Labute approximate surface area is 179 Å². The van der Waals surface area contributed by atoms with Crippen LogP contribution in [0.25, 0.3) is 6.08 Å². The van der Waals surface area contributed by atoms with Crippen LogP contribution < -0.4 is 10.1 Å². The predicted octanol–water partition coefficient (Wildman–Crippen LogP) is 6.12. The highest BCUT2D eigenvalue weighted by atomic mass is 35.5. The molecule has 0 spiro atoms. The molecule has 0 saturated carbocycles. The average Bonchev–Trinajstić information content (AvgIpc) is 2.75. The second kappa shape index (κ2) is 9.79. The number of halogens is 2. The summed E-state index contributed by atoms with van der Waals surface area (Å²) in [6, 6.07) is 23.8. The molecule has 29 heavy (non-hydrogen) atoms. The SMILES string of the molecule is N#C/C(=C\c1ccc(OCc2ccccc2)cc1)C(=O)Nc1cccc(Cl)c1Cl. The minimum absolute atomic E-state index is 0.0565. The molecule has 144 valence electrons. The normalized spacial score (nSPS) is 10.9. The molecular formula is C23H16Cl2N2O2. The molecule has 1 amide bonds. The van der Waals surface area contributed by atoms with Crippen molar-refractivity contribution in [1.29, 1.82) is 5.26 Å². The molecule has 0 atom stereocenters. The van der Waals surface area contributed by atoms with Gasteiger partial charge < -0.3 is 10.1 Å². The number of nitrogens with one attached hydrogen (secondary N) is 1. The van der Waals surface area contributed by atoms with E-state index >= 15 is 0 Å². The zero-order valence-corrected chi connectivity index (χ0v) is 16.7. The van der Waals surface area contributed by atoms with Gasteiger partial charge in [0.15, 0.2) is 0 Å². The fourth-order valence-electron chi connectivity index (χ4n) is 2.51. The molecule has 0 bridgehead atoms. The topological polar surface area (TPSA) is 62.1 Å². The first-order valence-electron chi connectivity index (χ1n) is 8.71. The zero-order chi connectivity index (χ0) is 20.6. The molecule has 4 nitrogen and oxygen atoms in total. The van der Waals surface area contributed by atoms with E-state index in [0.29, 0.717) is 28.6 Å². The summed E-state index contributed by atoms with van der Waals surface area (Å²) in [5.41, 5.74) is 2.05. The third kappa shape index (κ3) is 5.61. The Kier molecular flexibility index (Phi) is 6.91. The highest BCUT2D eigenvalue weighted by Gasteiger charge is 2.12. The van der Waals surface area contributed by atoms with Crippen molar-refractivity contribution in [3.05, 3.63) is 99.5 Å². The third-order valence-corrected chi connectivity index (χ3v) is 4.82. The van der Waals surface area contributed by atoms with Gasteiger partial charge in [-0.25, -0.2) is 0 Å². The van der Waals surface area contributed by atoms with Crippen molar-refractivity contribution in [2.45, 2.75) is 6.61 Å². The van der Waals surface area contributed by atoms with E-state index in [1.165, 1.54) is 6.08 Å². The van der Waals surface area contributed by atoms with Crippen LogP contribution in [-0.4, -0.2) is 5.91 Å². The number of nitrogens with zero attached hydrogens (tertiary/aromatic N) is 1. The highest BCUT2D eigenvalue weighted by Crippen LogP contribution is 2.29. The van der Waals surface area contributed by atoms with E-state index in [-0.39, 0.29) is 10.6 Å². The monoisotopic (exact) mass is 422 g/mol. The molecule has 6 heteroatoms. The molecule has 1 N–H and O–H groups in total. The Bertz CT molecular complexity index is 1070. The summed E-state index contributed by atoms with van der Waals surface area (Å²) in [5, 5.41) is 12.5. The Morgan fingerprint density at radius 3 is 2.41 bits per heavy atom. The summed E-state index contributed by atoms with van der Waals surface area (Å²) in [6.45, 7) is 0.461. The predicted molar refractivity (Wildman–Crippen MR) is 116 cm³/mol. The Morgan fingerprint density at radius 2 is 1.72 bits per heavy atom. The summed E-state index contributed by atoms with van der Waals surface area (Å²) in [7, 11) is 0. The minimum Gasteiger partial charge on any atom is -0.489 e. The van der Waals surface area contributed by atoms with Gasteiger partial charge in [-0.1, -0.05) is 71.7 Å². The van der Waals surface area contributed by atoms with E-state index in [4.69, 9.17) is 27.9 Å². The van der Waals surface area contributed by atoms with Crippen LogP contribution in [0, 0.1) is 11.3 Å². The first-order chi connectivity index (χ1) is 14.1. The van der Waals surface area contributed by atoms with Crippen molar-refractivity contribution in [1.82, 2.24) is 0 Å². The Balaban J connectivity index is 1.67. The molecule has 0 heterocycles. The summed E-state index contributed by atoms with van der Waals surface area (Å²) < 4.78 is 5.74. The lowest BCUT2D eigenvalue weighted by Crippen LogP contribution is -2.13. The summed E-state index contributed by atoms with van der Waals surface area (Å²) in [6.07, 6.45) is 1.49. The number of benzene rings is 3. The first kappa shape index (κ1) is 20.5. The molecule has 0 aliphatic rings. The number of hydrogen-bond acceptors (Lipinski definition) is 3. The van der Waals surface area contributed by atoms with Crippen LogP contribution in [0.4, 0.5) is 5.69 Å². The minimum atomic E-state index is -0.568. The smallest absolute Gasteiger partial charge is 0.266 e. The summed E-state index contributed by atoms with van der Waals surface area (Å²) in [4.78, 5) is 12.4. The Morgan fingerprint density at radius 1 is 1.00 bits per heavy atom. The lowest BCUT2D eigenvalue weighted by Gasteiger charge is -2.08. The van der Waals surface area contributed by atoms with E-state index in [1.807, 2.05) is 36.4 Å². The Hall–Kier alpha value is -3.26. The van der Waals surface area contributed by atoms with Gasteiger partial charge in [-0.2, -0.15) is 5.26 Å². The molecule has 3 aromatic carbocycles. The highest BCUT2D eigenvalue weighted by molar-refractivity contribution is 6.44. The molecule has 0 aliphatic heterocycles. The zero-order valence-electron chi connectivity index (χ0n) is 15.2. The van der Waals surface area contributed by atoms with Crippen molar-refractivity contribution in [3.8, 4) is 11.8 Å². The molecule has 0 unspecified atom stereocenters. The van der Waals surface area contributed by atoms with E-state index < -0.39 is 5.91 Å². The number of rotatable bonds is 6. The van der Waals surface area contributed by atoms with Crippen LogP contribution in [0.2, 0.25) is 10.0 Å². The summed E-state index contributed by atoms with van der Waals surface area (Å²) in [5.74, 6) is 0.126. The van der Waals surface area contributed by atoms with Crippen LogP contribution in [0.15, 0.2) is 78.4 Å². The van der Waals surface area contributed by atoms with Gasteiger partial charge in [-0.05, 0) is 41.5 Å². The van der Waals surface area contributed by atoms with E-state index in [9.17, 15) is 10.1 Å². The van der Waals surface area contributed by atoms with Crippen molar-refractivity contribution >= 4 is 40.9 Å². The second-order valence-corrected chi connectivity index (χ2v) is 6.85. The lowest BCUT2D eigenvalue weighted by molar-refractivity contribution is -0.112. The maximum Gasteiger partial charge on any atom is 0.266 e. The van der Waals surface area contributed by atoms with Gasteiger partial charge in [-0.15, -0.1) is 0 Å². The molecule has 0 aliphatic carbocycles. The summed E-state index contributed by atoms with van der Waals surface area (Å²) >= 11 is 12.0. The van der Waals surface area contributed by atoms with Crippen molar-refractivity contribution in [2.75, 3.05) is 5.32 Å². The largest absolute Gasteiger partial charge is 0.489 e. The number of ether oxygens (including phenoxy) is 1. The van der Waals surface area contributed by atoms with Gasteiger partial charge in [0.05, 0.1) is 15.7 Å². The fraction of sp³-hybridized carbons (Fsp3) is 0.0435. The van der Waals surface area contributed by atoms with Gasteiger partial charge in [0, 0.05) is 0 Å². The number of carbonyl (C=O) groups is 1. The van der Waals surface area contributed by atoms with Gasteiger partial charge in [-0.3, -0.25) is 4.79 Å². The fourth-order valence-corrected chi connectivity index (χ4v) is 2.85. The van der Waals surface area contributed by atoms with Crippen molar-refractivity contribution < 1.29 is 9.53 Å². The molecule has 0 radical (unpaired) electrons. The van der Waals surface area contributed by atoms with Crippen LogP contribution in [0.1, 0.15) is 11.1 Å².